The number of aromatic nitrogens is 2. The molecule has 1 aliphatic rings. The van der Waals surface area contributed by atoms with E-state index in [1.54, 1.807) is 7.11 Å². The van der Waals surface area contributed by atoms with Crippen molar-refractivity contribution in [2.45, 2.75) is 31.8 Å². The number of hydrogen-bond donors (Lipinski definition) is 2. The Morgan fingerprint density at radius 1 is 1.42 bits per heavy atom. The molecule has 1 aromatic heterocycles. The number of nitrogens with zero attached hydrogens (tertiary/aromatic N) is 1. The largest absolute Gasteiger partial charge is 0.497 e. The Morgan fingerprint density at radius 2 is 2.32 bits per heavy atom. The molecule has 0 bridgehead atoms. The van der Waals surface area contributed by atoms with Gasteiger partial charge in [-0.25, -0.2) is 4.79 Å². The smallest absolute Gasteiger partial charge is 0.326 e. The van der Waals surface area contributed by atoms with Crippen molar-refractivity contribution in [2.75, 3.05) is 13.7 Å². The van der Waals surface area contributed by atoms with E-state index < -0.39 is 0 Å². The van der Waals surface area contributed by atoms with Crippen molar-refractivity contribution < 1.29 is 4.74 Å². The maximum Gasteiger partial charge on any atom is 0.326 e. The van der Waals surface area contributed by atoms with Crippen LogP contribution in [-0.4, -0.2) is 29.2 Å². The third-order valence-corrected chi connectivity index (χ3v) is 3.80. The number of imidazole rings is 1. The Morgan fingerprint density at radius 3 is 3.05 bits per heavy atom. The Balaban J connectivity index is 1.93. The van der Waals surface area contributed by atoms with E-state index in [1.807, 2.05) is 22.8 Å². The van der Waals surface area contributed by atoms with Crippen molar-refractivity contribution in [1.82, 2.24) is 14.9 Å². The van der Waals surface area contributed by atoms with Crippen molar-refractivity contribution >= 4 is 11.0 Å². The molecule has 1 saturated heterocycles. The Hall–Kier alpha value is -1.75. The Bertz CT molecular complexity index is 623. The van der Waals surface area contributed by atoms with Crippen molar-refractivity contribution in [2.24, 2.45) is 0 Å². The van der Waals surface area contributed by atoms with E-state index in [-0.39, 0.29) is 5.69 Å². The highest BCUT2D eigenvalue weighted by molar-refractivity contribution is 5.76. The van der Waals surface area contributed by atoms with Gasteiger partial charge in [0.1, 0.15) is 5.75 Å². The summed E-state index contributed by atoms with van der Waals surface area (Å²) in [6.45, 7) is 1.78. The molecule has 102 valence electrons. The standard InChI is InChI=1S/C14H19N3O2/c1-19-11-5-6-13-12(8-11)16-14(18)17(13)9-10-4-2-3-7-15-10/h5-6,8,10,15H,2-4,7,9H2,1H3,(H,16,18). The van der Waals surface area contributed by atoms with Crippen LogP contribution >= 0.6 is 0 Å². The zero-order chi connectivity index (χ0) is 13.2. The number of piperidine rings is 1. The summed E-state index contributed by atoms with van der Waals surface area (Å²) in [5, 5.41) is 3.47. The van der Waals surface area contributed by atoms with Gasteiger partial charge >= 0.3 is 5.69 Å². The predicted octanol–water partition coefficient (Wildman–Crippen LogP) is 1.48. The van der Waals surface area contributed by atoms with E-state index in [4.69, 9.17) is 4.74 Å². The van der Waals surface area contributed by atoms with Crippen LogP contribution in [0, 0.1) is 0 Å². The maximum absolute atomic E-state index is 12.1. The second-order valence-electron chi connectivity index (χ2n) is 5.07. The van der Waals surface area contributed by atoms with E-state index in [2.05, 4.69) is 10.3 Å². The average molecular weight is 261 g/mol. The number of benzene rings is 1. The first-order chi connectivity index (χ1) is 9.28. The van der Waals surface area contributed by atoms with Crippen molar-refractivity contribution in [3.63, 3.8) is 0 Å². The van der Waals surface area contributed by atoms with Gasteiger partial charge in [-0.05, 0) is 31.5 Å². The lowest BCUT2D eigenvalue weighted by molar-refractivity contribution is 0.363. The molecular weight excluding hydrogens is 242 g/mol. The first-order valence-corrected chi connectivity index (χ1v) is 6.78. The van der Waals surface area contributed by atoms with Crippen molar-refractivity contribution in [3.8, 4) is 5.75 Å². The Kier molecular flexibility index (Phi) is 3.29. The zero-order valence-corrected chi connectivity index (χ0v) is 11.1. The van der Waals surface area contributed by atoms with Crippen LogP contribution in [0.4, 0.5) is 0 Å². The summed E-state index contributed by atoms with van der Waals surface area (Å²) in [5.74, 6) is 0.761. The van der Waals surface area contributed by atoms with Gasteiger partial charge < -0.3 is 15.0 Å². The highest BCUT2D eigenvalue weighted by Crippen LogP contribution is 2.19. The van der Waals surface area contributed by atoms with Crippen molar-refractivity contribution in [3.05, 3.63) is 28.7 Å². The van der Waals surface area contributed by atoms with Crippen LogP contribution in [-0.2, 0) is 6.54 Å². The number of ether oxygens (including phenoxy) is 1. The number of fused-ring (bicyclic) bond motifs is 1. The molecule has 19 heavy (non-hydrogen) atoms. The number of hydrogen-bond acceptors (Lipinski definition) is 3. The lowest BCUT2D eigenvalue weighted by Crippen LogP contribution is -2.39. The molecule has 0 amide bonds. The van der Waals surface area contributed by atoms with Gasteiger partial charge in [-0.2, -0.15) is 0 Å². The van der Waals surface area contributed by atoms with Crippen LogP contribution < -0.4 is 15.7 Å². The quantitative estimate of drug-likeness (QED) is 0.880. The summed E-state index contributed by atoms with van der Waals surface area (Å²) in [4.78, 5) is 14.9. The first-order valence-electron chi connectivity index (χ1n) is 6.78. The number of rotatable bonds is 3. The van der Waals surface area contributed by atoms with Gasteiger partial charge in [0, 0.05) is 18.7 Å². The SMILES string of the molecule is COc1ccc2c(c1)[nH]c(=O)n2CC1CCCCN1. The molecule has 0 spiro atoms. The van der Waals surface area contributed by atoms with Gasteiger partial charge in [-0.1, -0.05) is 6.42 Å². The molecule has 1 unspecified atom stereocenters. The van der Waals surface area contributed by atoms with E-state index >= 15 is 0 Å². The lowest BCUT2D eigenvalue weighted by Gasteiger charge is -2.23. The highest BCUT2D eigenvalue weighted by atomic mass is 16.5. The third kappa shape index (κ3) is 2.38. The molecule has 3 rings (SSSR count). The molecular formula is C14H19N3O2. The molecule has 2 aromatic rings. The average Bonchev–Trinajstić information content (AvgIpc) is 2.75. The molecule has 1 aliphatic heterocycles. The zero-order valence-electron chi connectivity index (χ0n) is 11.1. The van der Waals surface area contributed by atoms with Gasteiger partial charge in [-0.3, -0.25) is 4.57 Å². The van der Waals surface area contributed by atoms with E-state index in [0.29, 0.717) is 6.04 Å². The summed E-state index contributed by atoms with van der Waals surface area (Å²) in [7, 11) is 1.63. The monoisotopic (exact) mass is 261 g/mol. The van der Waals surface area contributed by atoms with Crippen LogP contribution in [0.1, 0.15) is 19.3 Å². The minimum atomic E-state index is -0.0457. The van der Waals surface area contributed by atoms with Crippen LogP contribution in [0.3, 0.4) is 0 Å². The first kappa shape index (κ1) is 12.3. The van der Waals surface area contributed by atoms with Crippen LogP contribution in [0.5, 0.6) is 5.75 Å². The Labute approximate surface area is 111 Å². The topological polar surface area (TPSA) is 59.1 Å². The summed E-state index contributed by atoms with van der Waals surface area (Å²) < 4.78 is 6.99. The molecule has 5 heteroatoms. The van der Waals surface area contributed by atoms with Gasteiger partial charge in [0.15, 0.2) is 0 Å². The maximum atomic E-state index is 12.1. The molecule has 2 heterocycles. The van der Waals surface area contributed by atoms with E-state index in [0.717, 1.165) is 36.3 Å². The summed E-state index contributed by atoms with van der Waals surface area (Å²) in [6, 6.07) is 6.09. The minimum Gasteiger partial charge on any atom is -0.497 e. The molecule has 0 radical (unpaired) electrons. The number of aromatic amines is 1. The molecule has 1 atom stereocenters. The van der Waals surface area contributed by atoms with Gasteiger partial charge in [0.2, 0.25) is 0 Å². The molecule has 1 aromatic carbocycles. The fourth-order valence-electron chi connectivity index (χ4n) is 2.75. The normalized spacial score (nSPS) is 19.7. The van der Waals surface area contributed by atoms with Crippen molar-refractivity contribution in [1.29, 1.82) is 0 Å². The number of methoxy groups -OCH3 is 1. The van der Waals surface area contributed by atoms with Gasteiger partial charge in [0.25, 0.3) is 0 Å². The van der Waals surface area contributed by atoms with Gasteiger partial charge in [-0.15, -0.1) is 0 Å². The minimum absolute atomic E-state index is 0.0457. The van der Waals surface area contributed by atoms with E-state index in [1.165, 1.54) is 12.8 Å². The second-order valence-corrected chi connectivity index (χ2v) is 5.07. The summed E-state index contributed by atoms with van der Waals surface area (Å²) >= 11 is 0. The molecule has 2 N–H and O–H groups in total. The third-order valence-electron chi connectivity index (χ3n) is 3.80. The van der Waals surface area contributed by atoms with E-state index in [9.17, 15) is 4.79 Å². The predicted molar refractivity (Wildman–Crippen MR) is 74.8 cm³/mol. The van der Waals surface area contributed by atoms with Crippen LogP contribution in [0.25, 0.3) is 11.0 Å². The van der Waals surface area contributed by atoms with Gasteiger partial charge in [0.05, 0.1) is 18.1 Å². The summed E-state index contributed by atoms with van der Waals surface area (Å²) in [6.07, 6.45) is 3.61. The molecule has 0 saturated carbocycles. The summed E-state index contributed by atoms with van der Waals surface area (Å²) in [5.41, 5.74) is 1.73. The molecule has 1 fully saturated rings. The molecule has 0 aliphatic carbocycles. The number of nitrogens with one attached hydrogen (secondary N) is 2. The molecule has 5 nitrogen and oxygen atoms in total. The van der Waals surface area contributed by atoms with Crippen LogP contribution in [0.2, 0.25) is 0 Å². The number of H-pyrrole nitrogens is 1. The fraction of sp³-hybridized carbons (Fsp3) is 0.500. The lowest BCUT2D eigenvalue weighted by atomic mass is 10.1. The second kappa shape index (κ2) is 5.09. The van der Waals surface area contributed by atoms with Crippen LogP contribution in [0.15, 0.2) is 23.0 Å². The highest BCUT2D eigenvalue weighted by Gasteiger charge is 2.16. The fourth-order valence-corrected chi connectivity index (χ4v) is 2.75.